The molecule has 4 nitrogen and oxygen atoms in total. The second-order valence-corrected chi connectivity index (χ2v) is 4.01. The first-order valence-electron chi connectivity index (χ1n) is 4.53. The van der Waals surface area contributed by atoms with Gasteiger partial charge in [-0.15, -0.1) is 0 Å². The van der Waals surface area contributed by atoms with E-state index < -0.39 is 0 Å². The van der Waals surface area contributed by atoms with Gasteiger partial charge in [0, 0.05) is 12.3 Å². The standard InChI is InChI=1S/C11H8BrN3O/c1-16-10-3-2-8(5-13)11(4-10)15-7-9(12)6-14-15/h2-4,6-7H,1H3. The average molecular weight is 278 g/mol. The summed E-state index contributed by atoms with van der Waals surface area (Å²) < 4.78 is 7.61. The van der Waals surface area contributed by atoms with Gasteiger partial charge in [-0.05, 0) is 28.1 Å². The Kier molecular flexibility index (Phi) is 2.93. The first kappa shape index (κ1) is 10.7. The van der Waals surface area contributed by atoms with Gasteiger partial charge in [0.15, 0.2) is 0 Å². The van der Waals surface area contributed by atoms with E-state index in [1.165, 1.54) is 0 Å². The molecule has 0 atom stereocenters. The molecule has 0 fully saturated rings. The molecule has 0 amide bonds. The van der Waals surface area contributed by atoms with E-state index in [1.54, 1.807) is 42.4 Å². The van der Waals surface area contributed by atoms with Gasteiger partial charge >= 0.3 is 0 Å². The van der Waals surface area contributed by atoms with Crippen LogP contribution in [0.15, 0.2) is 35.1 Å². The third-order valence-corrected chi connectivity index (χ3v) is 2.53. The van der Waals surface area contributed by atoms with Crippen LogP contribution in [0, 0.1) is 11.3 Å². The average Bonchev–Trinajstić information content (AvgIpc) is 2.75. The zero-order chi connectivity index (χ0) is 11.5. The van der Waals surface area contributed by atoms with Crippen molar-refractivity contribution in [2.75, 3.05) is 7.11 Å². The predicted molar refractivity (Wildman–Crippen MR) is 62.5 cm³/mol. The molecule has 1 aromatic carbocycles. The highest BCUT2D eigenvalue weighted by atomic mass is 79.9. The summed E-state index contributed by atoms with van der Waals surface area (Å²) in [6.45, 7) is 0. The van der Waals surface area contributed by atoms with Gasteiger partial charge in [0.25, 0.3) is 0 Å². The number of aromatic nitrogens is 2. The monoisotopic (exact) mass is 277 g/mol. The van der Waals surface area contributed by atoms with Crippen molar-refractivity contribution < 1.29 is 4.74 Å². The Bertz CT molecular complexity index is 557. The van der Waals surface area contributed by atoms with Crippen molar-refractivity contribution >= 4 is 15.9 Å². The predicted octanol–water partition coefficient (Wildman–Crippen LogP) is 2.52. The maximum absolute atomic E-state index is 9.01. The minimum Gasteiger partial charge on any atom is -0.497 e. The lowest BCUT2D eigenvalue weighted by atomic mass is 10.2. The zero-order valence-corrected chi connectivity index (χ0v) is 10.1. The summed E-state index contributed by atoms with van der Waals surface area (Å²) in [4.78, 5) is 0. The van der Waals surface area contributed by atoms with Crippen LogP contribution in [0.1, 0.15) is 5.56 Å². The van der Waals surface area contributed by atoms with E-state index in [4.69, 9.17) is 10.00 Å². The van der Waals surface area contributed by atoms with E-state index in [9.17, 15) is 0 Å². The molecule has 2 rings (SSSR count). The van der Waals surface area contributed by atoms with Crippen molar-refractivity contribution in [3.8, 4) is 17.5 Å². The fourth-order valence-electron chi connectivity index (χ4n) is 1.36. The number of benzene rings is 1. The molecule has 0 aliphatic rings. The lowest BCUT2D eigenvalue weighted by Crippen LogP contribution is -1.98. The van der Waals surface area contributed by atoms with Crippen LogP contribution in [-0.4, -0.2) is 16.9 Å². The molecule has 1 aromatic heterocycles. The van der Waals surface area contributed by atoms with E-state index >= 15 is 0 Å². The van der Waals surface area contributed by atoms with Crippen LogP contribution in [-0.2, 0) is 0 Å². The molecular formula is C11H8BrN3O. The van der Waals surface area contributed by atoms with Gasteiger partial charge < -0.3 is 4.74 Å². The molecule has 0 aliphatic carbocycles. The van der Waals surface area contributed by atoms with Gasteiger partial charge in [-0.2, -0.15) is 10.4 Å². The molecule has 0 bridgehead atoms. The number of rotatable bonds is 2. The summed E-state index contributed by atoms with van der Waals surface area (Å²) in [6.07, 6.45) is 3.45. The van der Waals surface area contributed by atoms with Gasteiger partial charge in [0.05, 0.1) is 29.0 Å². The lowest BCUT2D eigenvalue weighted by molar-refractivity contribution is 0.414. The largest absolute Gasteiger partial charge is 0.497 e. The molecule has 0 spiro atoms. The Morgan fingerprint density at radius 3 is 2.88 bits per heavy atom. The summed E-state index contributed by atoms with van der Waals surface area (Å²) in [5.74, 6) is 0.695. The first-order chi connectivity index (χ1) is 7.74. The smallest absolute Gasteiger partial charge is 0.121 e. The quantitative estimate of drug-likeness (QED) is 0.848. The molecule has 0 unspecified atom stereocenters. The van der Waals surface area contributed by atoms with Crippen molar-refractivity contribution in [1.29, 1.82) is 5.26 Å². The van der Waals surface area contributed by atoms with Crippen LogP contribution in [0.2, 0.25) is 0 Å². The molecule has 80 valence electrons. The normalized spacial score (nSPS) is 9.81. The third kappa shape index (κ3) is 1.92. The van der Waals surface area contributed by atoms with Gasteiger partial charge in [0.1, 0.15) is 11.8 Å². The Labute approximate surface area is 101 Å². The molecule has 0 radical (unpaired) electrons. The van der Waals surface area contributed by atoms with Crippen LogP contribution < -0.4 is 4.74 Å². The highest BCUT2D eigenvalue weighted by molar-refractivity contribution is 9.10. The molecule has 16 heavy (non-hydrogen) atoms. The van der Waals surface area contributed by atoms with Gasteiger partial charge in [0.2, 0.25) is 0 Å². The molecule has 0 N–H and O–H groups in total. The zero-order valence-electron chi connectivity index (χ0n) is 8.51. The van der Waals surface area contributed by atoms with Crippen LogP contribution in [0.3, 0.4) is 0 Å². The fourth-order valence-corrected chi connectivity index (χ4v) is 1.64. The van der Waals surface area contributed by atoms with Crippen LogP contribution in [0.4, 0.5) is 0 Å². The number of nitrogens with zero attached hydrogens (tertiary/aromatic N) is 3. The molecule has 0 saturated carbocycles. The van der Waals surface area contributed by atoms with Crippen molar-refractivity contribution in [1.82, 2.24) is 9.78 Å². The van der Waals surface area contributed by atoms with Crippen LogP contribution in [0.5, 0.6) is 5.75 Å². The highest BCUT2D eigenvalue weighted by Gasteiger charge is 2.07. The molecular weight excluding hydrogens is 270 g/mol. The maximum atomic E-state index is 9.01. The number of nitriles is 1. The van der Waals surface area contributed by atoms with Crippen LogP contribution in [0.25, 0.3) is 5.69 Å². The molecule has 1 heterocycles. The fraction of sp³-hybridized carbons (Fsp3) is 0.0909. The van der Waals surface area contributed by atoms with Gasteiger partial charge in [-0.3, -0.25) is 0 Å². The van der Waals surface area contributed by atoms with E-state index in [2.05, 4.69) is 27.1 Å². The first-order valence-corrected chi connectivity index (χ1v) is 5.32. The molecule has 5 heteroatoms. The Hall–Kier alpha value is -1.80. The second kappa shape index (κ2) is 4.37. The molecule has 0 saturated heterocycles. The van der Waals surface area contributed by atoms with Crippen LogP contribution >= 0.6 is 15.9 Å². The SMILES string of the molecule is COc1ccc(C#N)c(-n2cc(Br)cn2)c1. The third-order valence-electron chi connectivity index (χ3n) is 2.12. The second-order valence-electron chi connectivity index (χ2n) is 3.10. The van der Waals surface area contributed by atoms with Crippen molar-refractivity contribution in [2.45, 2.75) is 0 Å². The summed E-state index contributed by atoms with van der Waals surface area (Å²) in [5.41, 5.74) is 1.25. The molecule has 2 aromatic rings. The van der Waals surface area contributed by atoms with Crippen molar-refractivity contribution in [2.24, 2.45) is 0 Å². The summed E-state index contributed by atoms with van der Waals surface area (Å²) >= 11 is 3.31. The highest BCUT2D eigenvalue weighted by Crippen LogP contribution is 2.21. The topological polar surface area (TPSA) is 50.8 Å². The number of halogens is 1. The Morgan fingerprint density at radius 2 is 2.31 bits per heavy atom. The van der Waals surface area contributed by atoms with Crippen molar-refractivity contribution in [3.05, 3.63) is 40.6 Å². The Balaban J connectivity index is 2.58. The lowest BCUT2D eigenvalue weighted by Gasteiger charge is -2.06. The van der Waals surface area contributed by atoms with Gasteiger partial charge in [-0.25, -0.2) is 4.68 Å². The summed E-state index contributed by atoms with van der Waals surface area (Å²) in [5, 5.41) is 13.1. The number of hydrogen-bond donors (Lipinski definition) is 0. The van der Waals surface area contributed by atoms with Gasteiger partial charge in [-0.1, -0.05) is 0 Å². The number of ether oxygens (including phenoxy) is 1. The Morgan fingerprint density at radius 1 is 1.50 bits per heavy atom. The van der Waals surface area contributed by atoms with E-state index in [0.29, 0.717) is 17.0 Å². The summed E-state index contributed by atoms with van der Waals surface area (Å²) in [6, 6.07) is 7.36. The van der Waals surface area contributed by atoms with E-state index in [-0.39, 0.29) is 0 Å². The maximum Gasteiger partial charge on any atom is 0.121 e. The molecule has 0 aliphatic heterocycles. The number of methoxy groups -OCH3 is 1. The minimum atomic E-state index is 0.552. The number of hydrogen-bond acceptors (Lipinski definition) is 3. The van der Waals surface area contributed by atoms with E-state index in [0.717, 1.165) is 4.47 Å². The van der Waals surface area contributed by atoms with E-state index in [1.807, 2.05) is 0 Å². The van der Waals surface area contributed by atoms with Crippen molar-refractivity contribution in [3.63, 3.8) is 0 Å². The summed E-state index contributed by atoms with van der Waals surface area (Å²) in [7, 11) is 1.59. The minimum absolute atomic E-state index is 0.552.